The van der Waals surface area contributed by atoms with Gasteiger partial charge in [0.2, 0.25) is 0 Å². The highest BCUT2D eigenvalue weighted by Crippen LogP contribution is 2.25. The van der Waals surface area contributed by atoms with Gasteiger partial charge in [0.25, 0.3) is 17.5 Å². The second-order valence-corrected chi connectivity index (χ2v) is 7.52. The number of halogens is 1. The van der Waals surface area contributed by atoms with Gasteiger partial charge in [-0.15, -0.1) is 0 Å². The van der Waals surface area contributed by atoms with Gasteiger partial charge < -0.3 is 15.4 Å². The number of nitro groups is 1. The number of benzene rings is 1. The van der Waals surface area contributed by atoms with E-state index in [1.165, 1.54) is 19.1 Å². The largest absolute Gasteiger partial charge is 0.451 e. The molecule has 2 rings (SSSR count). The minimum absolute atomic E-state index is 0.0222. The molecule has 1 saturated carbocycles. The molecule has 29 heavy (non-hydrogen) atoms. The first-order chi connectivity index (χ1) is 13.7. The fourth-order valence-corrected chi connectivity index (χ4v) is 3.36. The van der Waals surface area contributed by atoms with Gasteiger partial charge >= 0.3 is 5.97 Å². The summed E-state index contributed by atoms with van der Waals surface area (Å²) in [4.78, 5) is 46.4. The third kappa shape index (κ3) is 6.42. The monoisotopic (exact) mass is 425 g/mol. The van der Waals surface area contributed by atoms with Crippen molar-refractivity contribution in [2.45, 2.75) is 51.7 Å². The highest BCUT2D eigenvalue weighted by Gasteiger charge is 2.26. The van der Waals surface area contributed by atoms with Crippen molar-refractivity contribution in [1.29, 1.82) is 0 Å². The average molecular weight is 426 g/mol. The van der Waals surface area contributed by atoms with Crippen LogP contribution in [0.4, 0.5) is 5.69 Å². The maximum absolute atomic E-state index is 12.2. The first-order valence-electron chi connectivity index (χ1n) is 9.41. The molecule has 158 valence electrons. The van der Waals surface area contributed by atoms with Crippen molar-refractivity contribution < 1.29 is 24.0 Å². The van der Waals surface area contributed by atoms with Gasteiger partial charge in [0.1, 0.15) is 11.6 Å². The molecular weight excluding hydrogens is 402 g/mol. The zero-order valence-electron chi connectivity index (χ0n) is 16.3. The van der Waals surface area contributed by atoms with E-state index in [-0.39, 0.29) is 22.5 Å². The summed E-state index contributed by atoms with van der Waals surface area (Å²) < 4.78 is 5.06. The Hall–Kier alpha value is -2.68. The van der Waals surface area contributed by atoms with Crippen LogP contribution >= 0.6 is 11.6 Å². The quantitative estimate of drug-likeness (QED) is 0.392. The number of rotatable bonds is 7. The molecule has 2 N–H and O–H groups in total. The predicted octanol–water partition coefficient (Wildman–Crippen LogP) is 2.60. The van der Waals surface area contributed by atoms with Crippen LogP contribution in [0.2, 0.25) is 5.02 Å². The van der Waals surface area contributed by atoms with Crippen LogP contribution in [-0.2, 0) is 14.3 Å². The SMILES string of the molecule is C[C@@H]1CCCC[C@H]1NC(=O)[C@@H](C)OC(=O)CNC(=O)c1ccc(Cl)c([N+](=O)[O-])c1. The van der Waals surface area contributed by atoms with Gasteiger partial charge in [0.05, 0.1) is 4.92 Å². The molecule has 1 aliphatic carbocycles. The molecule has 1 aromatic rings. The highest BCUT2D eigenvalue weighted by atomic mass is 35.5. The second-order valence-electron chi connectivity index (χ2n) is 7.11. The summed E-state index contributed by atoms with van der Waals surface area (Å²) in [5.41, 5.74) is -0.435. The number of carbonyl (C=O) groups excluding carboxylic acids is 3. The maximum atomic E-state index is 12.2. The summed E-state index contributed by atoms with van der Waals surface area (Å²) in [6.07, 6.45) is 3.16. The summed E-state index contributed by atoms with van der Waals surface area (Å²) in [7, 11) is 0. The van der Waals surface area contributed by atoms with Crippen molar-refractivity contribution >= 4 is 35.1 Å². The fraction of sp³-hybridized carbons (Fsp3) is 0.526. The van der Waals surface area contributed by atoms with Crippen LogP contribution in [0.3, 0.4) is 0 Å². The highest BCUT2D eigenvalue weighted by molar-refractivity contribution is 6.32. The van der Waals surface area contributed by atoms with Crippen LogP contribution in [0.15, 0.2) is 18.2 Å². The Labute approximate surface area is 173 Å². The van der Waals surface area contributed by atoms with E-state index in [1.807, 2.05) is 0 Å². The van der Waals surface area contributed by atoms with Gasteiger partial charge in [-0.3, -0.25) is 24.5 Å². The molecule has 0 radical (unpaired) electrons. The molecule has 0 heterocycles. The van der Waals surface area contributed by atoms with E-state index < -0.39 is 35.1 Å². The number of ether oxygens (including phenoxy) is 1. The molecule has 9 nitrogen and oxygen atoms in total. The Kier molecular flexibility index (Phi) is 7.95. The Morgan fingerprint density at radius 1 is 1.31 bits per heavy atom. The van der Waals surface area contributed by atoms with E-state index in [0.717, 1.165) is 31.7 Å². The molecule has 1 aliphatic rings. The molecule has 0 aromatic heterocycles. The van der Waals surface area contributed by atoms with Crippen LogP contribution in [0.5, 0.6) is 0 Å². The average Bonchev–Trinajstić information content (AvgIpc) is 2.67. The molecule has 2 amide bonds. The van der Waals surface area contributed by atoms with Gasteiger partial charge in [-0.2, -0.15) is 0 Å². The van der Waals surface area contributed by atoms with Crippen LogP contribution in [0.25, 0.3) is 0 Å². The zero-order valence-corrected chi connectivity index (χ0v) is 17.0. The van der Waals surface area contributed by atoms with Gasteiger partial charge in [-0.1, -0.05) is 31.4 Å². The topological polar surface area (TPSA) is 128 Å². The molecule has 0 spiro atoms. The van der Waals surface area contributed by atoms with Crippen molar-refractivity contribution in [2.75, 3.05) is 6.54 Å². The van der Waals surface area contributed by atoms with Crippen LogP contribution in [-0.4, -0.2) is 41.4 Å². The summed E-state index contributed by atoms with van der Waals surface area (Å²) in [6, 6.07) is 3.62. The van der Waals surface area contributed by atoms with E-state index in [0.29, 0.717) is 5.92 Å². The Bertz CT molecular complexity index is 800. The number of amides is 2. The van der Waals surface area contributed by atoms with Crippen molar-refractivity contribution in [3.05, 3.63) is 38.9 Å². The van der Waals surface area contributed by atoms with Gasteiger partial charge in [0.15, 0.2) is 6.10 Å². The van der Waals surface area contributed by atoms with Gasteiger partial charge in [0, 0.05) is 17.7 Å². The smallest absolute Gasteiger partial charge is 0.326 e. The van der Waals surface area contributed by atoms with E-state index in [2.05, 4.69) is 17.6 Å². The third-order valence-electron chi connectivity index (χ3n) is 4.91. The molecule has 0 saturated heterocycles. The fourth-order valence-electron chi connectivity index (χ4n) is 3.17. The van der Waals surface area contributed by atoms with Gasteiger partial charge in [-0.25, -0.2) is 0 Å². The van der Waals surface area contributed by atoms with E-state index in [9.17, 15) is 24.5 Å². The van der Waals surface area contributed by atoms with E-state index in [4.69, 9.17) is 16.3 Å². The molecule has 10 heteroatoms. The molecule has 1 fully saturated rings. The molecule has 0 unspecified atom stereocenters. The summed E-state index contributed by atoms with van der Waals surface area (Å²) in [5.74, 6) is -1.49. The first-order valence-corrected chi connectivity index (χ1v) is 9.78. The molecule has 0 aliphatic heterocycles. The molecule has 0 bridgehead atoms. The number of carbonyl (C=O) groups is 3. The Balaban J connectivity index is 1.82. The standard InChI is InChI=1S/C19H24ClN3O6/c1-11-5-3-4-6-15(11)22-18(25)12(2)29-17(24)10-21-19(26)13-7-8-14(20)16(9-13)23(27)28/h7-9,11-12,15H,3-6,10H2,1-2H3,(H,21,26)(H,22,25)/t11-,12-,15-/m1/s1. The van der Waals surface area contributed by atoms with Crippen LogP contribution < -0.4 is 10.6 Å². The van der Waals surface area contributed by atoms with Crippen molar-refractivity contribution in [3.8, 4) is 0 Å². The zero-order chi connectivity index (χ0) is 21.6. The Morgan fingerprint density at radius 3 is 2.66 bits per heavy atom. The Morgan fingerprint density at radius 2 is 2.00 bits per heavy atom. The number of esters is 1. The normalized spacial score (nSPS) is 19.7. The lowest BCUT2D eigenvalue weighted by atomic mass is 9.86. The van der Waals surface area contributed by atoms with E-state index >= 15 is 0 Å². The predicted molar refractivity (Wildman–Crippen MR) is 106 cm³/mol. The van der Waals surface area contributed by atoms with Crippen molar-refractivity contribution in [2.24, 2.45) is 5.92 Å². The number of nitrogens with zero attached hydrogens (tertiary/aromatic N) is 1. The van der Waals surface area contributed by atoms with Crippen LogP contribution in [0.1, 0.15) is 49.9 Å². The number of hydrogen-bond acceptors (Lipinski definition) is 6. The molecule has 3 atom stereocenters. The van der Waals surface area contributed by atoms with Crippen molar-refractivity contribution in [3.63, 3.8) is 0 Å². The lowest BCUT2D eigenvalue weighted by Crippen LogP contribution is -2.46. The second kappa shape index (κ2) is 10.2. The molecule has 1 aromatic carbocycles. The summed E-state index contributed by atoms with van der Waals surface area (Å²) in [5, 5.41) is 16.0. The summed E-state index contributed by atoms with van der Waals surface area (Å²) >= 11 is 5.70. The third-order valence-corrected chi connectivity index (χ3v) is 5.23. The number of hydrogen-bond donors (Lipinski definition) is 2. The molecular formula is C19H24ClN3O6. The summed E-state index contributed by atoms with van der Waals surface area (Å²) in [6.45, 7) is 3.06. The lowest BCUT2D eigenvalue weighted by Gasteiger charge is -2.30. The number of nitro benzene ring substituents is 1. The van der Waals surface area contributed by atoms with E-state index in [1.54, 1.807) is 0 Å². The minimum Gasteiger partial charge on any atom is -0.451 e. The number of nitrogens with one attached hydrogen (secondary N) is 2. The lowest BCUT2D eigenvalue weighted by molar-refractivity contribution is -0.384. The van der Waals surface area contributed by atoms with Crippen molar-refractivity contribution in [1.82, 2.24) is 10.6 Å². The minimum atomic E-state index is -0.995. The maximum Gasteiger partial charge on any atom is 0.326 e. The van der Waals surface area contributed by atoms with Gasteiger partial charge in [-0.05, 0) is 37.8 Å². The van der Waals surface area contributed by atoms with Crippen LogP contribution in [0, 0.1) is 16.0 Å². The first kappa shape index (κ1) is 22.6.